The smallest absolute Gasteiger partial charge is 0.191 e. The van der Waals surface area contributed by atoms with E-state index >= 15 is 0 Å². The minimum absolute atomic E-state index is 0. The molecule has 0 aliphatic carbocycles. The maximum Gasteiger partial charge on any atom is 0.191 e. The first-order valence-corrected chi connectivity index (χ1v) is 10.9. The first kappa shape index (κ1) is 24.7. The highest BCUT2D eigenvalue weighted by molar-refractivity contribution is 14.0. The molecule has 9 heteroatoms. The number of nitrogens with one attached hydrogen (secondary N) is 2. The number of thiazole rings is 1. The van der Waals surface area contributed by atoms with Crippen LogP contribution in [0.3, 0.4) is 0 Å². The summed E-state index contributed by atoms with van der Waals surface area (Å²) in [5.41, 5.74) is 2.29. The number of benzene rings is 1. The first-order valence-electron chi connectivity index (χ1n) is 10.0. The molecule has 2 N–H and O–H groups in total. The van der Waals surface area contributed by atoms with Crippen LogP contribution in [0.4, 0.5) is 5.13 Å². The number of anilines is 1. The third-order valence-electron chi connectivity index (χ3n) is 5.11. The Morgan fingerprint density at radius 1 is 1.30 bits per heavy atom. The normalized spacial score (nSPS) is 15.4. The lowest BCUT2D eigenvalue weighted by atomic mass is 10.1. The van der Waals surface area contributed by atoms with Crippen LogP contribution in [0.25, 0.3) is 0 Å². The number of halogens is 1. The van der Waals surface area contributed by atoms with Crippen molar-refractivity contribution in [1.29, 1.82) is 0 Å². The molecular weight excluding hydrogens is 511 g/mol. The number of aromatic nitrogens is 1. The second-order valence-corrected chi connectivity index (χ2v) is 8.19. The van der Waals surface area contributed by atoms with E-state index in [9.17, 15) is 0 Å². The van der Waals surface area contributed by atoms with Gasteiger partial charge in [0, 0.05) is 33.1 Å². The number of hydrogen-bond donors (Lipinski definition) is 2. The summed E-state index contributed by atoms with van der Waals surface area (Å²) >= 11 is 1.65. The van der Waals surface area contributed by atoms with Gasteiger partial charge in [-0.3, -0.25) is 9.89 Å². The fraction of sp³-hybridized carbons (Fsp3) is 0.524. The molecule has 1 aromatic carbocycles. The molecule has 1 aliphatic heterocycles. The zero-order valence-electron chi connectivity index (χ0n) is 18.2. The molecule has 1 fully saturated rings. The van der Waals surface area contributed by atoms with Crippen molar-refractivity contribution in [3.8, 4) is 5.75 Å². The molecule has 166 valence electrons. The number of nitrogens with zero attached hydrogens (tertiary/aromatic N) is 4. The molecule has 0 amide bonds. The predicted octanol–water partition coefficient (Wildman–Crippen LogP) is 3.34. The lowest BCUT2D eigenvalue weighted by molar-refractivity contribution is 0.245. The van der Waals surface area contributed by atoms with E-state index in [1.165, 1.54) is 18.4 Å². The predicted molar refractivity (Wildman–Crippen MR) is 137 cm³/mol. The molecule has 1 aliphatic rings. The number of rotatable bonds is 8. The summed E-state index contributed by atoms with van der Waals surface area (Å²) < 4.78 is 5.44. The van der Waals surface area contributed by atoms with Gasteiger partial charge >= 0.3 is 0 Å². The van der Waals surface area contributed by atoms with Gasteiger partial charge in [-0.1, -0.05) is 12.1 Å². The highest BCUT2D eigenvalue weighted by Gasteiger charge is 2.24. The molecule has 3 rings (SSSR count). The number of guanidine groups is 1. The van der Waals surface area contributed by atoms with Gasteiger partial charge in [0.1, 0.15) is 5.75 Å². The highest BCUT2D eigenvalue weighted by atomic mass is 127. The molecule has 2 aromatic rings. The van der Waals surface area contributed by atoms with Crippen LogP contribution in [-0.2, 0) is 6.54 Å². The van der Waals surface area contributed by atoms with Gasteiger partial charge in [-0.05, 0) is 43.6 Å². The Morgan fingerprint density at radius 3 is 2.70 bits per heavy atom. The molecule has 0 saturated carbocycles. The Bertz CT molecular complexity index is 806. The van der Waals surface area contributed by atoms with Gasteiger partial charge in [0.2, 0.25) is 0 Å². The van der Waals surface area contributed by atoms with Gasteiger partial charge in [-0.2, -0.15) is 0 Å². The van der Waals surface area contributed by atoms with Gasteiger partial charge in [0.15, 0.2) is 11.1 Å². The number of hydrogen-bond acceptors (Lipinski definition) is 6. The van der Waals surface area contributed by atoms with E-state index < -0.39 is 0 Å². The molecule has 0 spiro atoms. The standard InChI is InChI=1S/C21H32N6OS.HI/c1-22-20(23-13-17-15-29-21(25-17)26(2)3)24-14-19(27-10-5-6-11-27)16-8-7-9-18(12-16)28-4;/h7-9,12,15,19H,5-6,10-11,13-14H2,1-4H3,(H2,22,23,24);1H. The Labute approximate surface area is 200 Å². The summed E-state index contributed by atoms with van der Waals surface area (Å²) in [4.78, 5) is 13.6. The van der Waals surface area contributed by atoms with Gasteiger partial charge in [-0.25, -0.2) is 4.98 Å². The van der Waals surface area contributed by atoms with Gasteiger partial charge < -0.3 is 20.3 Å². The van der Waals surface area contributed by atoms with Crippen LogP contribution < -0.4 is 20.3 Å². The second-order valence-electron chi connectivity index (χ2n) is 7.36. The Morgan fingerprint density at radius 2 is 2.07 bits per heavy atom. The first-order chi connectivity index (χ1) is 14.1. The van der Waals surface area contributed by atoms with Crippen molar-refractivity contribution in [2.24, 2.45) is 4.99 Å². The van der Waals surface area contributed by atoms with Crippen LogP contribution in [0.2, 0.25) is 0 Å². The van der Waals surface area contributed by atoms with Crippen molar-refractivity contribution in [2.45, 2.75) is 25.4 Å². The summed E-state index contributed by atoms with van der Waals surface area (Å²) in [6.07, 6.45) is 2.51. The third-order valence-corrected chi connectivity index (χ3v) is 6.16. The van der Waals surface area contributed by atoms with Crippen molar-refractivity contribution < 1.29 is 4.74 Å². The maximum absolute atomic E-state index is 5.44. The van der Waals surface area contributed by atoms with Crippen LogP contribution in [0.5, 0.6) is 5.75 Å². The summed E-state index contributed by atoms with van der Waals surface area (Å²) in [5, 5.41) is 9.98. The van der Waals surface area contributed by atoms with Gasteiger partial charge in [0.25, 0.3) is 0 Å². The molecule has 7 nitrogen and oxygen atoms in total. The van der Waals surface area contributed by atoms with Crippen molar-refractivity contribution in [3.63, 3.8) is 0 Å². The van der Waals surface area contributed by atoms with Crippen LogP contribution in [-0.4, -0.2) is 63.7 Å². The monoisotopic (exact) mass is 544 g/mol. The van der Waals surface area contributed by atoms with Crippen molar-refractivity contribution in [3.05, 3.63) is 40.9 Å². The molecule has 1 unspecified atom stereocenters. The molecule has 1 atom stereocenters. The van der Waals surface area contributed by atoms with E-state index in [1.807, 2.05) is 25.1 Å². The maximum atomic E-state index is 5.44. The van der Waals surface area contributed by atoms with E-state index in [0.29, 0.717) is 6.54 Å². The summed E-state index contributed by atoms with van der Waals surface area (Å²) in [6, 6.07) is 8.66. The molecule has 1 saturated heterocycles. The van der Waals surface area contributed by atoms with E-state index in [1.54, 1.807) is 25.5 Å². The molecule has 30 heavy (non-hydrogen) atoms. The fourth-order valence-corrected chi connectivity index (χ4v) is 4.29. The number of likely N-dealkylation sites (tertiary alicyclic amines) is 1. The van der Waals surface area contributed by atoms with E-state index in [0.717, 1.165) is 42.2 Å². The summed E-state index contributed by atoms with van der Waals surface area (Å²) in [6.45, 7) is 3.69. The fourth-order valence-electron chi connectivity index (χ4n) is 3.53. The minimum Gasteiger partial charge on any atom is -0.497 e. The quantitative estimate of drug-likeness (QED) is 0.302. The highest BCUT2D eigenvalue weighted by Crippen LogP contribution is 2.27. The number of methoxy groups -OCH3 is 1. The molecular formula is C21H33IN6OS. The van der Waals surface area contributed by atoms with Crippen molar-refractivity contribution >= 4 is 46.4 Å². The lowest BCUT2D eigenvalue weighted by Gasteiger charge is -2.29. The number of aliphatic imine (C=N–C) groups is 1. The third kappa shape index (κ3) is 6.71. The number of ether oxygens (including phenoxy) is 1. The summed E-state index contributed by atoms with van der Waals surface area (Å²) in [7, 11) is 7.54. The largest absolute Gasteiger partial charge is 0.497 e. The zero-order chi connectivity index (χ0) is 20.6. The average molecular weight is 545 g/mol. The van der Waals surface area contributed by atoms with E-state index in [4.69, 9.17) is 4.74 Å². The van der Waals surface area contributed by atoms with Crippen LogP contribution in [0, 0.1) is 0 Å². The Kier molecular flexibility index (Phi) is 10.1. The van der Waals surface area contributed by atoms with Crippen LogP contribution >= 0.6 is 35.3 Å². The molecule has 0 bridgehead atoms. The Hall–Kier alpha value is -1.59. The van der Waals surface area contributed by atoms with Crippen LogP contribution in [0.1, 0.15) is 30.1 Å². The lowest BCUT2D eigenvalue weighted by Crippen LogP contribution is -2.42. The molecule has 2 heterocycles. The van der Waals surface area contributed by atoms with Crippen LogP contribution in [0.15, 0.2) is 34.6 Å². The molecule has 0 radical (unpaired) electrons. The van der Waals surface area contributed by atoms with Gasteiger partial charge in [0.05, 0.1) is 25.4 Å². The Balaban J connectivity index is 0.00000320. The van der Waals surface area contributed by atoms with Crippen molar-refractivity contribution in [1.82, 2.24) is 20.5 Å². The van der Waals surface area contributed by atoms with Crippen molar-refractivity contribution in [2.75, 3.05) is 52.8 Å². The van der Waals surface area contributed by atoms with Gasteiger partial charge in [-0.15, -0.1) is 35.3 Å². The zero-order valence-corrected chi connectivity index (χ0v) is 21.4. The summed E-state index contributed by atoms with van der Waals surface area (Å²) in [5.74, 6) is 1.69. The SMILES string of the molecule is CN=C(NCc1csc(N(C)C)n1)NCC(c1cccc(OC)c1)N1CCCC1.I. The molecule has 1 aromatic heterocycles. The van der Waals surface area contributed by atoms with E-state index in [-0.39, 0.29) is 30.0 Å². The van der Waals surface area contributed by atoms with E-state index in [2.05, 4.69) is 49.1 Å². The second kappa shape index (κ2) is 12.3. The minimum atomic E-state index is 0. The average Bonchev–Trinajstić information content (AvgIpc) is 3.43. The topological polar surface area (TPSA) is 65.0 Å².